The summed E-state index contributed by atoms with van der Waals surface area (Å²) in [6.45, 7) is 7.95. The molecule has 0 aliphatic heterocycles. The average molecular weight is 218 g/mol. The van der Waals surface area contributed by atoms with Gasteiger partial charge in [-0.2, -0.15) is 0 Å². The SMILES string of the molecule is CCCOC(CC)OC(CC)OC(C)=O. The first-order valence-electron chi connectivity index (χ1n) is 5.58. The number of hydrogen-bond donors (Lipinski definition) is 0. The molecule has 0 N–H and O–H groups in total. The van der Waals surface area contributed by atoms with E-state index in [1.807, 2.05) is 20.8 Å². The summed E-state index contributed by atoms with van der Waals surface area (Å²) < 4.78 is 15.9. The van der Waals surface area contributed by atoms with Crippen molar-refractivity contribution in [2.24, 2.45) is 0 Å². The number of carbonyl (C=O) groups is 1. The van der Waals surface area contributed by atoms with Crippen LogP contribution >= 0.6 is 0 Å². The minimum atomic E-state index is -0.496. The van der Waals surface area contributed by atoms with Gasteiger partial charge in [0.05, 0.1) is 0 Å². The minimum absolute atomic E-state index is 0.283. The van der Waals surface area contributed by atoms with Gasteiger partial charge in [-0.3, -0.25) is 4.79 Å². The van der Waals surface area contributed by atoms with Crippen molar-refractivity contribution in [1.29, 1.82) is 0 Å². The van der Waals surface area contributed by atoms with E-state index in [4.69, 9.17) is 14.2 Å². The van der Waals surface area contributed by atoms with Crippen LogP contribution in [0.5, 0.6) is 0 Å². The highest BCUT2D eigenvalue weighted by molar-refractivity contribution is 5.66. The Kier molecular flexibility index (Phi) is 8.33. The zero-order valence-corrected chi connectivity index (χ0v) is 10.1. The minimum Gasteiger partial charge on any atom is -0.436 e. The Balaban J connectivity index is 3.93. The van der Waals surface area contributed by atoms with Gasteiger partial charge in [-0.1, -0.05) is 20.8 Å². The first kappa shape index (κ1) is 14.4. The molecule has 0 aromatic carbocycles. The fourth-order valence-corrected chi connectivity index (χ4v) is 1.06. The zero-order chi connectivity index (χ0) is 11.7. The summed E-state index contributed by atoms with van der Waals surface area (Å²) in [7, 11) is 0. The van der Waals surface area contributed by atoms with Gasteiger partial charge in [-0.15, -0.1) is 0 Å². The maximum Gasteiger partial charge on any atom is 0.304 e. The topological polar surface area (TPSA) is 44.8 Å². The molecule has 0 aromatic rings. The quantitative estimate of drug-likeness (QED) is 0.463. The third kappa shape index (κ3) is 7.33. The molecule has 4 nitrogen and oxygen atoms in total. The second kappa shape index (κ2) is 8.68. The van der Waals surface area contributed by atoms with Gasteiger partial charge in [0.1, 0.15) is 0 Å². The van der Waals surface area contributed by atoms with Crippen LogP contribution < -0.4 is 0 Å². The summed E-state index contributed by atoms with van der Waals surface area (Å²) in [6, 6.07) is 0. The third-order valence-electron chi connectivity index (χ3n) is 1.78. The van der Waals surface area contributed by atoms with Crippen molar-refractivity contribution in [2.75, 3.05) is 6.61 Å². The number of rotatable bonds is 8. The first-order valence-corrected chi connectivity index (χ1v) is 5.58. The van der Waals surface area contributed by atoms with E-state index in [0.717, 1.165) is 12.8 Å². The van der Waals surface area contributed by atoms with Gasteiger partial charge in [0, 0.05) is 20.0 Å². The van der Waals surface area contributed by atoms with E-state index in [1.165, 1.54) is 6.92 Å². The molecular weight excluding hydrogens is 196 g/mol. The van der Waals surface area contributed by atoms with Crippen molar-refractivity contribution in [3.8, 4) is 0 Å². The molecule has 4 heteroatoms. The Bertz CT molecular complexity index is 170. The maximum atomic E-state index is 10.8. The fourth-order valence-electron chi connectivity index (χ4n) is 1.06. The van der Waals surface area contributed by atoms with Crippen LogP contribution in [-0.2, 0) is 19.0 Å². The van der Waals surface area contributed by atoms with Crippen molar-refractivity contribution in [1.82, 2.24) is 0 Å². The van der Waals surface area contributed by atoms with E-state index in [9.17, 15) is 4.79 Å². The van der Waals surface area contributed by atoms with Crippen LogP contribution in [0, 0.1) is 0 Å². The highest BCUT2D eigenvalue weighted by atomic mass is 16.8. The van der Waals surface area contributed by atoms with E-state index in [-0.39, 0.29) is 12.3 Å². The van der Waals surface area contributed by atoms with Gasteiger partial charge in [-0.05, 0) is 12.8 Å². The van der Waals surface area contributed by atoms with Gasteiger partial charge in [0.25, 0.3) is 0 Å². The summed E-state index contributed by atoms with van der Waals surface area (Å²) in [6.07, 6.45) is 1.55. The van der Waals surface area contributed by atoms with Crippen molar-refractivity contribution >= 4 is 5.97 Å². The summed E-state index contributed by atoms with van der Waals surface area (Å²) in [5.74, 6) is -0.327. The molecule has 0 rings (SSSR count). The van der Waals surface area contributed by atoms with Gasteiger partial charge < -0.3 is 14.2 Å². The standard InChI is InChI=1S/C11H22O4/c1-5-8-13-10(6-2)15-11(7-3)14-9(4)12/h10-11H,5-8H2,1-4H3. The van der Waals surface area contributed by atoms with Crippen molar-refractivity contribution in [3.05, 3.63) is 0 Å². The molecule has 0 aliphatic rings. The number of carbonyl (C=O) groups excluding carboxylic acids is 1. The van der Waals surface area contributed by atoms with Crippen molar-refractivity contribution in [2.45, 2.75) is 59.5 Å². The molecule has 0 saturated carbocycles. The molecule has 2 atom stereocenters. The Morgan fingerprint density at radius 1 is 1.13 bits per heavy atom. The van der Waals surface area contributed by atoms with Crippen LogP contribution in [0.1, 0.15) is 47.0 Å². The maximum absolute atomic E-state index is 10.8. The molecule has 0 saturated heterocycles. The summed E-state index contributed by atoms with van der Waals surface area (Å²) in [5, 5.41) is 0. The van der Waals surface area contributed by atoms with E-state index in [1.54, 1.807) is 0 Å². The van der Waals surface area contributed by atoms with Gasteiger partial charge in [-0.25, -0.2) is 0 Å². The normalized spacial score (nSPS) is 14.7. The molecule has 0 spiro atoms. The smallest absolute Gasteiger partial charge is 0.304 e. The molecule has 0 fully saturated rings. The number of hydrogen-bond acceptors (Lipinski definition) is 4. The molecule has 0 amide bonds. The molecule has 15 heavy (non-hydrogen) atoms. The predicted molar refractivity (Wildman–Crippen MR) is 57.3 cm³/mol. The molecule has 0 aromatic heterocycles. The van der Waals surface area contributed by atoms with Crippen molar-refractivity contribution < 1.29 is 19.0 Å². The fraction of sp³-hybridized carbons (Fsp3) is 0.909. The molecule has 0 aliphatic carbocycles. The molecule has 90 valence electrons. The summed E-state index contributed by atoms with van der Waals surface area (Å²) >= 11 is 0. The number of ether oxygens (including phenoxy) is 3. The lowest BCUT2D eigenvalue weighted by molar-refractivity contribution is -0.241. The predicted octanol–water partition coefficient (Wildman–Crippen LogP) is 2.46. The third-order valence-corrected chi connectivity index (χ3v) is 1.78. The second-order valence-electron chi connectivity index (χ2n) is 3.29. The Hall–Kier alpha value is -0.610. The van der Waals surface area contributed by atoms with Gasteiger partial charge >= 0.3 is 5.97 Å². The monoisotopic (exact) mass is 218 g/mol. The van der Waals surface area contributed by atoms with Gasteiger partial charge in [0.15, 0.2) is 6.29 Å². The number of esters is 1. The molecular formula is C11H22O4. The lowest BCUT2D eigenvalue weighted by atomic mass is 10.4. The van der Waals surface area contributed by atoms with Gasteiger partial charge in [0.2, 0.25) is 6.29 Å². The Morgan fingerprint density at radius 2 is 1.73 bits per heavy atom. The van der Waals surface area contributed by atoms with Crippen LogP contribution in [0.4, 0.5) is 0 Å². The largest absolute Gasteiger partial charge is 0.436 e. The highest BCUT2D eigenvalue weighted by Gasteiger charge is 2.16. The average Bonchev–Trinajstić information content (AvgIpc) is 2.21. The van der Waals surface area contributed by atoms with E-state index < -0.39 is 6.29 Å². The highest BCUT2D eigenvalue weighted by Crippen LogP contribution is 2.09. The van der Waals surface area contributed by atoms with E-state index >= 15 is 0 Å². The zero-order valence-electron chi connectivity index (χ0n) is 10.1. The van der Waals surface area contributed by atoms with Crippen LogP contribution in [0.15, 0.2) is 0 Å². The van der Waals surface area contributed by atoms with E-state index in [2.05, 4.69) is 0 Å². The lowest BCUT2D eigenvalue weighted by Gasteiger charge is -2.22. The Morgan fingerprint density at radius 3 is 2.13 bits per heavy atom. The molecule has 0 bridgehead atoms. The molecule has 2 unspecified atom stereocenters. The lowest BCUT2D eigenvalue weighted by Crippen LogP contribution is -2.27. The Labute approximate surface area is 91.9 Å². The molecule has 0 radical (unpaired) electrons. The van der Waals surface area contributed by atoms with Crippen LogP contribution in [0.3, 0.4) is 0 Å². The van der Waals surface area contributed by atoms with Crippen LogP contribution in [0.2, 0.25) is 0 Å². The van der Waals surface area contributed by atoms with Crippen LogP contribution in [0.25, 0.3) is 0 Å². The first-order chi connectivity index (χ1) is 7.13. The van der Waals surface area contributed by atoms with E-state index in [0.29, 0.717) is 13.0 Å². The van der Waals surface area contributed by atoms with Crippen LogP contribution in [-0.4, -0.2) is 25.2 Å². The molecule has 0 heterocycles. The van der Waals surface area contributed by atoms with Crippen molar-refractivity contribution in [3.63, 3.8) is 0 Å². The summed E-state index contributed by atoms with van der Waals surface area (Å²) in [4.78, 5) is 10.8. The summed E-state index contributed by atoms with van der Waals surface area (Å²) in [5.41, 5.74) is 0. The second-order valence-corrected chi connectivity index (χ2v) is 3.29.